The van der Waals surface area contributed by atoms with Gasteiger partial charge in [0.05, 0.1) is 26.4 Å². The molecule has 28 heavy (non-hydrogen) atoms. The van der Waals surface area contributed by atoms with Gasteiger partial charge < -0.3 is 9.67 Å². The van der Waals surface area contributed by atoms with Crippen LogP contribution in [0.15, 0.2) is 65.8 Å². The van der Waals surface area contributed by atoms with E-state index < -0.39 is 38.0 Å². The molecule has 2 aliphatic rings. The van der Waals surface area contributed by atoms with Crippen LogP contribution in [0.2, 0.25) is 0 Å². The minimum Gasteiger partial charge on any atom is -0.872 e. The number of nitro benzene ring substituents is 1. The fourth-order valence-corrected chi connectivity index (χ4v) is 3.55. The van der Waals surface area contributed by atoms with E-state index in [4.69, 9.17) is 0 Å². The topological polar surface area (TPSA) is 157 Å². The zero-order valence-corrected chi connectivity index (χ0v) is 13.8. The number of hydrogen-bond acceptors (Lipinski definition) is 7. The first-order valence-corrected chi connectivity index (χ1v) is 7.89. The minimum absolute atomic E-state index is 0.0517. The summed E-state index contributed by atoms with van der Waals surface area (Å²) in [6, 6.07) is 5.43. The predicted molar refractivity (Wildman–Crippen MR) is 92.5 cm³/mol. The van der Waals surface area contributed by atoms with E-state index in [0.717, 1.165) is 18.2 Å². The van der Waals surface area contributed by atoms with Crippen LogP contribution < -0.4 is 5.11 Å². The monoisotopic (exact) mass is 381 g/mol. The highest BCUT2D eigenvalue weighted by Crippen LogP contribution is 2.51. The van der Waals surface area contributed by atoms with Gasteiger partial charge in [0.1, 0.15) is 6.04 Å². The van der Waals surface area contributed by atoms with Crippen molar-refractivity contribution in [1.82, 2.24) is 4.57 Å². The van der Waals surface area contributed by atoms with Crippen LogP contribution in [-0.2, 0) is 0 Å². The highest BCUT2D eigenvalue weighted by molar-refractivity contribution is 6.01. The number of nitrogens with zero attached hydrogens (tertiary/aromatic N) is 4. The maximum atomic E-state index is 13.1. The van der Waals surface area contributed by atoms with E-state index in [1.165, 1.54) is 23.0 Å². The molecular weight excluding hydrogens is 372 g/mol. The van der Waals surface area contributed by atoms with Crippen LogP contribution in [0.4, 0.5) is 5.69 Å². The van der Waals surface area contributed by atoms with Gasteiger partial charge in [0.25, 0.3) is 17.1 Å². The Kier molecular flexibility index (Phi) is 3.60. The molecular formula is C17H9N4O7-. The number of non-ortho nitro benzene ring substituents is 1. The smallest absolute Gasteiger partial charge is 0.284 e. The van der Waals surface area contributed by atoms with Crippen molar-refractivity contribution >= 4 is 17.0 Å². The summed E-state index contributed by atoms with van der Waals surface area (Å²) in [4.78, 5) is 32.0. The Labute approximate surface area is 155 Å². The van der Waals surface area contributed by atoms with Crippen molar-refractivity contribution < 1.29 is 19.9 Å². The van der Waals surface area contributed by atoms with Crippen molar-refractivity contribution in [2.45, 2.75) is 6.04 Å². The normalized spacial score (nSPS) is 17.9. The van der Waals surface area contributed by atoms with Gasteiger partial charge in [-0.05, 0) is 34.9 Å². The Hall–Kier alpha value is -4.28. The molecule has 0 N–H and O–H groups in total. The maximum Gasteiger partial charge on any atom is 0.284 e. The minimum atomic E-state index is -1.19. The Balaban J connectivity index is 2.08. The molecule has 0 saturated heterocycles. The first kappa shape index (κ1) is 17.1. The van der Waals surface area contributed by atoms with Gasteiger partial charge in [-0.3, -0.25) is 30.3 Å². The van der Waals surface area contributed by atoms with E-state index in [1.807, 2.05) is 0 Å². The number of allylic oxidation sites excluding steroid dienone is 3. The van der Waals surface area contributed by atoms with Crippen LogP contribution in [0.5, 0.6) is 0 Å². The van der Waals surface area contributed by atoms with E-state index in [9.17, 15) is 35.4 Å². The van der Waals surface area contributed by atoms with Crippen molar-refractivity contribution in [3.05, 3.63) is 107 Å². The second kappa shape index (κ2) is 5.87. The molecule has 0 spiro atoms. The zero-order valence-electron chi connectivity index (χ0n) is 13.8. The average Bonchev–Trinajstić information content (AvgIpc) is 3.27. The fraction of sp³-hybridized carbons (Fsp3) is 0.0588. The molecule has 0 aliphatic heterocycles. The van der Waals surface area contributed by atoms with Crippen LogP contribution in [0, 0.1) is 30.3 Å². The summed E-state index contributed by atoms with van der Waals surface area (Å²) in [5.41, 5.74) is -1.61. The second-order valence-electron chi connectivity index (χ2n) is 6.11. The summed E-state index contributed by atoms with van der Waals surface area (Å²) in [7, 11) is 0. The van der Waals surface area contributed by atoms with Gasteiger partial charge in [-0.1, -0.05) is 5.76 Å². The lowest BCUT2D eigenvalue weighted by Gasteiger charge is -2.25. The molecule has 1 unspecified atom stereocenters. The molecule has 11 nitrogen and oxygen atoms in total. The number of hydrogen-bond donors (Lipinski definition) is 0. The lowest BCUT2D eigenvalue weighted by Crippen LogP contribution is -2.24. The van der Waals surface area contributed by atoms with Gasteiger partial charge in [0.15, 0.2) is 0 Å². The molecule has 0 saturated carbocycles. The van der Waals surface area contributed by atoms with Gasteiger partial charge in [-0.15, -0.1) is 0 Å². The maximum absolute atomic E-state index is 13.1. The van der Waals surface area contributed by atoms with E-state index in [1.54, 1.807) is 12.1 Å². The molecule has 1 heterocycles. The van der Waals surface area contributed by atoms with Crippen molar-refractivity contribution in [2.24, 2.45) is 0 Å². The number of fused-ring (bicyclic) bond motifs is 3. The van der Waals surface area contributed by atoms with Crippen molar-refractivity contribution in [2.75, 3.05) is 0 Å². The quantitative estimate of drug-likeness (QED) is 0.577. The van der Waals surface area contributed by atoms with Gasteiger partial charge in [-0.25, -0.2) is 0 Å². The predicted octanol–water partition coefficient (Wildman–Crippen LogP) is 1.88. The molecule has 1 atom stereocenters. The standard InChI is InChI=1S/C17H10N4O7/c22-17-11-7-9(19(23)24)3-4-10(11)14-12(20(25)26)8-13(21(27)28)16(15(14)17)18-5-1-2-6-18/h1-8,16,22H/p-1. The Morgan fingerprint density at radius 2 is 1.57 bits per heavy atom. The first-order valence-electron chi connectivity index (χ1n) is 7.89. The van der Waals surface area contributed by atoms with Crippen LogP contribution in [0.25, 0.3) is 11.3 Å². The zero-order chi connectivity index (χ0) is 20.2. The van der Waals surface area contributed by atoms with Crippen molar-refractivity contribution in [1.29, 1.82) is 0 Å². The van der Waals surface area contributed by atoms with E-state index in [2.05, 4.69) is 0 Å². The van der Waals surface area contributed by atoms with Crippen molar-refractivity contribution in [3.8, 4) is 0 Å². The lowest BCUT2D eigenvalue weighted by molar-refractivity contribution is -0.439. The van der Waals surface area contributed by atoms with E-state index in [0.29, 0.717) is 0 Å². The lowest BCUT2D eigenvalue weighted by atomic mass is 9.89. The van der Waals surface area contributed by atoms with Crippen molar-refractivity contribution in [3.63, 3.8) is 0 Å². The SMILES string of the molecule is O=[N+]([O-])C1=CC([N+](=O)[O-])=C2C(=C([O-])c3cc([N+](=O)[O-])ccc32)C1n1cccc1. The summed E-state index contributed by atoms with van der Waals surface area (Å²) in [6.07, 6.45) is 3.85. The molecule has 0 radical (unpaired) electrons. The Morgan fingerprint density at radius 3 is 2.14 bits per heavy atom. The third-order valence-corrected chi connectivity index (χ3v) is 4.67. The highest BCUT2D eigenvalue weighted by Gasteiger charge is 2.44. The van der Waals surface area contributed by atoms with E-state index in [-0.39, 0.29) is 28.0 Å². The molecule has 0 fully saturated rings. The molecule has 1 aromatic heterocycles. The molecule has 1 aromatic carbocycles. The molecule has 2 aliphatic carbocycles. The molecule has 2 aromatic rings. The van der Waals surface area contributed by atoms with Gasteiger partial charge in [0.2, 0.25) is 0 Å². The number of aromatic nitrogens is 1. The van der Waals surface area contributed by atoms with Crippen LogP contribution in [-0.4, -0.2) is 19.3 Å². The third kappa shape index (κ3) is 2.30. The number of benzene rings is 1. The fourth-order valence-electron chi connectivity index (χ4n) is 3.55. The molecule has 11 heteroatoms. The second-order valence-corrected chi connectivity index (χ2v) is 6.11. The molecule has 0 bridgehead atoms. The Bertz CT molecular complexity index is 1160. The highest BCUT2D eigenvalue weighted by atomic mass is 16.6. The number of rotatable bonds is 4. The van der Waals surface area contributed by atoms with Crippen LogP contribution in [0.1, 0.15) is 17.2 Å². The molecule has 4 rings (SSSR count). The molecule has 140 valence electrons. The van der Waals surface area contributed by atoms with Gasteiger partial charge >= 0.3 is 0 Å². The largest absolute Gasteiger partial charge is 0.872 e. The van der Waals surface area contributed by atoms with Gasteiger partial charge in [-0.2, -0.15) is 0 Å². The summed E-state index contributed by atoms with van der Waals surface area (Å²) < 4.78 is 1.40. The summed E-state index contributed by atoms with van der Waals surface area (Å²) in [5.74, 6) is -0.709. The van der Waals surface area contributed by atoms with Gasteiger partial charge in [0, 0.05) is 24.5 Å². The van der Waals surface area contributed by atoms with Crippen LogP contribution in [0.3, 0.4) is 0 Å². The van der Waals surface area contributed by atoms with Crippen LogP contribution >= 0.6 is 0 Å². The molecule has 0 amide bonds. The summed E-state index contributed by atoms with van der Waals surface area (Å²) in [5, 5.41) is 47.3. The third-order valence-electron chi connectivity index (χ3n) is 4.67. The summed E-state index contributed by atoms with van der Waals surface area (Å²) in [6.45, 7) is 0. The number of nitro groups is 3. The Morgan fingerprint density at radius 1 is 0.893 bits per heavy atom. The van der Waals surface area contributed by atoms with E-state index >= 15 is 0 Å². The summed E-state index contributed by atoms with van der Waals surface area (Å²) >= 11 is 0. The first-order chi connectivity index (χ1) is 13.3. The average molecular weight is 381 g/mol.